The molecule has 0 unspecified atom stereocenters. The van der Waals surface area contributed by atoms with E-state index in [1.165, 1.54) is 4.90 Å². The molecule has 0 spiro atoms. The molecule has 3 rings (SSSR count). The lowest BCUT2D eigenvalue weighted by atomic mass is 10.0. The molecule has 3 aromatic rings. The van der Waals surface area contributed by atoms with E-state index in [4.69, 9.17) is 11.6 Å². The number of halogens is 1. The predicted octanol–water partition coefficient (Wildman–Crippen LogP) is 4.66. The quantitative estimate of drug-likeness (QED) is 0.311. The molecule has 0 heterocycles. The standard InChI is InChI=1S/C29H34ClN3O4S/c1-3-4-19-31-29(35)27(20-23-13-7-5-8-14-23)32(21-24-15-11-12-18-26(24)30)28(34)22-33(38(2,36)37)25-16-9-6-10-17-25/h5-18,27H,3-4,19-22H2,1-2H3,(H,31,35)/t27-/m0/s1. The van der Waals surface area contributed by atoms with Gasteiger partial charge in [0.25, 0.3) is 0 Å². The summed E-state index contributed by atoms with van der Waals surface area (Å²) in [6.07, 6.45) is 3.04. The number of unbranched alkanes of at least 4 members (excludes halogenated alkanes) is 1. The van der Waals surface area contributed by atoms with E-state index >= 15 is 0 Å². The fourth-order valence-corrected chi connectivity index (χ4v) is 5.12. The molecule has 3 aromatic carbocycles. The molecule has 0 saturated carbocycles. The lowest BCUT2D eigenvalue weighted by Crippen LogP contribution is -2.53. The van der Waals surface area contributed by atoms with Crippen LogP contribution in [0.3, 0.4) is 0 Å². The first kappa shape index (κ1) is 29.2. The third kappa shape index (κ3) is 8.33. The Balaban J connectivity index is 2.02. The van der Waals surface area contributed by atoms with E-state index in [-0.39, 0.29) is 18.9 Å². The van der Waals surface area contributed by atoms with E-state index in [0.29, 0.717) is 22.8 Å². The van der Waals surface area contributed by atoms with Crippen molar-refractivity contribution in [3.05, 3.63) is 101 Å². The summed E-state index contributed by atoms with van der Waals surface area (Å²) in [5, 5.41) is 3.41. The van der Waals surface area contributed by atoms with Crippen LogP contribution < -0.4 is 9.62 Å². The number of nitrogens with one attached hydrogen (secondary N) is 1. The number of para-hydroxylation sites is 1. The number of carbonyl (C=O) groups is 2. The van der Waals surface area contributed by atoms with Crippen molar-refractivity contribution in [3.63, 3.8) is 0 Å². The number of hydrogen-bond donors (Lipinski definition) is 1. The number of benzene rings is 3. The van der Waals surface area contributed by atoms with Gasteiger partial charge >= 0.3 is 0 Å². The highest BCUT2D eigenvalue weighted by molar-refractivity contribution is 7.92. The van der Waals surface area contributed by atoms with Gasteiger partial charge in [0.15, 0.2) is 0 Å². The van der Waals surface area contributed by atoms with Crippen LogP contribution in [0.1, 0.15) is 30.9 Å². The van der Waals surface area contributed by atoms with Gasteiger partial charge in [-0.3, -0.25) is 13.9 Å². The van der Waals surface area contributed by atoms with E-state index in [0.717, 1.165) is 29.0 Å². The topological polar surface area (TPSA) is 86.8 Å². The van der Waals surface area contributed by atoms with Crippen molar-refractivity contribution < 1.29 is 18.0 Å². The highest BCUT2D eigenvalue weighted by Gasteiger charge is 2.33. The van der Waals surface area contributed by atoms with Gasteiger partial charge in [-0.25, -0.2) is 8.42 Å². The first-order valence-electron chi connectivity index (χ1n) is 12.6. The molecular weight excluding hydrogens is 522 g/mol. The van der Waals surface area contributed by atoms with Crippen molar-refractivity contribution in [2.24, 2.45) is 0 Å². The molecule has 0 saturated heterocycles. The largest absolute Gasteiger partial charge is 0.354 e. The van der Waals surface area contributed by atoms with Gasteiger partial charge in [-0.15, -0.1) is 0 Å². The summed E-state index contributed by atoms with van der Waals surface area (Å²) in [7, 11) is -3.79. The molecule has 202 valence electrons. The lowest BCUT2D eigenvalue weighted by molar-refractivity contribution is -0.140. The van der Waals surface area contributed by atoms with E-state index < -0.39 is 28.5 Å². The van der Waals surface area contributed by atoms with Crippen molar-refractivity contribution in [2.45, 2.75) is 38.8 Å². The molecule has 1 atom stereocenters. The van der Waals surface area contributed by atoms with Gasteiger partial charge in [0.1, 0.15) is 12.6 Å². The number of nitrogens with zero attached hydrogens (tertiary/aromatic N) is 2. The second kappa shape index (κ2) is 14.0. The molecule has 0 aliphatic carbocycles. The number of amides is 2. The maximum absolute atomic E-state index is 14.0. The Morgan fingerprint density at radius 1 is 0.921 bits per heavy atom. The van der Waals surface area contributed by atoms with Crippen molar-refractivity contribution in [1.29, 1.82) is 0 Å². The molecule has 0 aromatic heterocycles. The second-order valence-electron chi connectivity index (χ2n) is 9.07. The zero-order valence-corrected chi connectivity index (χ0v) is 23.3. The van der Waals surface area contributed by atoms with Crippen LogP contribution in [0.2, 0.25) is 5.02 Å². The average molecular weight is 556 g/mol. The molecule has 0 aliphatic rings. The summed E-state index contributed by atoms with van der Waals surface area (Å²) in [4.78, 5) is 28.9. The molecule has 2 amide bonds. The zero-order chi connectivity index (χ0) is 27.5. The first-order valence-corrected chi connectivity index (χ1v) is 14.8. The Morgan fingerprint density at radius 3 is 2.13 bits per heavy atom. The molecule has 0 bridgehead atoms. The van der Waals surface area contributed by atoms with Gasteiger partial charge in [-0.2, -0.15) is 0 Å². The fraction of sp³-hybridized carbons (Fsp3) is 0.310. The van der Waals surface area contributed by atoms with Crippen LogP contribution in [-0.2, 0) is 32.6 Å². The summed E-state index contributed by atoms with van der Waals surface area (Å²) >= 11 is 6.45. The summed E-state index contributed by atoms with van der Waals surface area (Å²) in [5.41, 5.74) is 1.91. The van der Waals surface area contributed by atoms with Gasteiger partial charge in [-0.1, -0.05) is 91.7 Å². The van der Waals surface area contributed by atoms with Gasteiger partial charge in [0, 0.05) is 24.5 Å². The third-order valence-electron chi connectivity index (χ3n) is 6.12. The molecule has 1 N–H and O–H groups in total. The van der Waals surface area contributed by atoms with E-state index in [2.05, 4.69) is 5.32 Å². The fourth-order valence-electron chi connectivity index (χ4n) is 4.08. The normalized spacial score (nSPS) is 12.0. The second-order valence-corrected chi connectivity index (χ2v) is 11.4. The van der Waals surface area contributed by atoms with Crippen LogP contribution in [0.15, 0.2) is 84.9 Å². The summed E-state index contributed by atoms with van der Waals surface area (Å²) in [6.45, 7) is 2.10. The van der Waals surface area contributed by atoms with E-state index in [1.807, 2.05) is 43.3 Å². The summed E-state index contributed by atoms with van der Waals surface area (Å²) < 4.78 is 26.5. The Labute approximate surface area is 230 Å². The van der Waals surface area contributed by atoms with Crippen LogP contribution in [0, 0.1) is 0 Å². The van der Waals surface area contributed by atoms with E-state index in [1.54, 1.807) is 48.5 Å². The lowest BCUT2D eigenvalue weighted by Gasteiger charge is -2.33. The van der Waals surface area contributed by atoms with Crippen LogP contribution in [-0.4, -0.2) is 50.5 Å². The smallest absolute Gasteiger partial charge is 0.244 e. The minimum Gasteiger partial charge on any atom is -0.354 e. The zero-order valence-electron chi connectivity index (χ0n) is 21.7. The van der Waals surface area contributed by atoms with Crippen LogP contribution in [0.4, 0.5) is 5.69 Å². The number of hydrogen-bond acceptors (Lipinski definition) is 4. The average Bonchev–Trinajstić information content (AvgIpc) is 2.90. The Kier molecular flexibility index (Phi) is 10.7. The SMILES string of the molecule is CCCCNC(=O)[C@H](Cc1ccccc1)N(Cc1ccccc1Cl)C(=O)CN(c1ccccc1)S(C)(=O)=O. The van der Waals surface area contributed by atoms with Gasteiger partial charge in [-0.05, 0) is 35.7 Å². The molecule has 7 nitrogen and oxygen atoms in total. The molecule has 0 radical (unpaired) electrons. The minimum absolute atomic E-state index is 0.0452. The maximum Gasteiger partial charge on any atom is 0.244 e. The maximum atomic E-state index is 14.0. The van der Waals surface area contributed by atoms with Crippen LogP contribution >= 0.6 is 11.6 Å². The van der Waals surface area contributed by atoms with Crippen molar-refractivity contribution in [2.75, 3.05) is 23.7 Å². The van der Waals surface area contributed by atoms with Gasteiger partial charge < -0.3 is 10.2 Å². The van der Waals surface area contributed by atoms with Crippen LogP contribution in [0.5, 0.6) is 0 Å². The predicted molar refractivity (Wildman–Crippen MR) is 152 cm³/mol. The minimum atomic E-state index is -3.79. The molecule has 0 fully saturated rings. The van der Waals surface area contributed by atoms with Crippen LogP contribution in [0.25, 0.3) is 0 Å². The van der Waals surface area contributed by atoms with Crippen molar-refractivity contribution >= 4 is 39.1 Å². The molecular formula is C29H34ClN3O4S. The van der Waals surface area contributed by atoms with E-state index in [9.17, 15) is 18.0 Å². The number of rotatable bonds is 13. The molecule has 9 heteroatoms. The summed E-state index contributed by atoms with van der Waals surface area (Å²) in [6, 6.07) is 24.1. The number of anilines is 1. The highest BCUT2D eigenvalue weighted by atomic mass is 35.5. The summed E-state index contributed by atoms with van der Waals surface area (Å²) in [5.74, 6) is -0.806. The number of sulfonamides is 1. The Hall–Kier alpha value is -3.36. The molecule has 38 heavy (non-hydrogen) atoms. The highest BCUT2D eigenvalue weighted by Crippen LogP contribution is 2.22. The number of carbonyl (C=O) groups excluding carboxylic acids is 2. The monoisotopic (exact) mass is 555 g/mol. The first-order chi connectivity index (χ1) is 18.2. The third-order valence-corrected chi connectivity index (χ3v) is 7.63. The van der Waals surface area contributed by atoms with Crippen molar-refractivity contribution in [1.82, 2.24) is 10.2 Å². The Bertz CT molecular complexity index is 1300. The van der Waals surface area contributed by atoms with Gasteiger partial charge in [0.2, 0.25) is 21.8 Å². The van der Waals surface area contributed by atoms with Crippen molar-refractivity contribution in [3.8, 4) is 0 Å². The Morgan fingerprint density at radius 2 is 1.53 bits per heavy atom. The molecule has 0 aliphatic heterocycles. The van der Waals surface area contributed by atoms with Gasteiger partial charge in [0.05, 0.1) is 11.9 Å².